The molecule has 6 heteroatoms. The van der Waals surface area contributed by atoms with E-state index in [0.29, 0.717) is 5.75 Å². The van der Waals surface area contributed by atoms with Crippen LogP contribution in [0.15, 0.2) is 30.4 Å². The molecule has 0 fully saturated rings. The van der Waals surface area contributed by atoms with Gasteiger partial charge in [-0.3, -0.25) is 4.79 Å². The van der Waals surface area contributed by atoms with Crippen LogP contribution in [0.5, 0.6) is 11.5 Å². The molecule has 0 aliphatic rings. The number of carbonyl (C=O) groups excluding carboxylic acids is 1. The fraction of sp³-hybridized carbons (Fsp3) is 0.250. The third-order valence-electron chi connectivity index (χ3n) is 1.98. The van der Waals surface area contributed by atoms with Gasteiger partial charge < -0.3 is 14.8 Å². The molecule has 0 saturated carbocycles. The summed E-state index contributed by atoms with van der Waals surface area (Å²) in [6, 6.07) is 4.17. The second kappa shape index (κ2) is 6.58. The minimum Gasteiger partial charge on any atom is -0.497 e. The van der Waals surface area contributed by atoms with Crippen LogP contribution in [-0.2, 0) is 4.79 Å². The molecule has 0 aliphatic carbocycles. The van der Waals surface area contributed by atoms with Crippen LogP contribution in [0.2, 0.25) is 0 Å². The van der Waals surface area contributed by atoms with E-state index in [1.165, 1.54) is 37.5 Å². The molecule has 98 valence electrons. The normalized spacial score (nSPS) is 10.7. The molecule has 0 saturated heterocycles. The Balaban J connectivity index is 2.99. The topological polar surface area (TPSA) is 47.6 Å². The number of alkyl halides is 2. The van der Waals surface area contributed by atoms with Gasteiger partial charge >= 0.3 is 6.61 Å². The summed E-state index contributed by atoms with van der Waals surface area (Å²) in [5.74, 6) is -0.138. The van der Waals surface area contributed by atoms with E-state index in [2.05, 4.69) is 10.1 Å². The third kappa shape index (κ3) is 4.04. The predicted octanol–water partition coefficient (Wildman–Crippen LogP) is 2.81. The summed E-state index contributed by atoms with van der Waals surface area (Å²) >= 11 is 0. The van der Waals surface area contributed by atoms with Gasteiger partial charge in [0, 0.05) is 6.07 Å². The van der Waals surface area contributed by atoms with Crippen LogP contribution in [0.25, 0.3) is 0 Å². The highest BCUT2D eigenvalue weighted by atomic mass is 19.3. The first-order valence-electron chi connectivity index (χ1n) is 5.13. The van der Waals surface area contributed by atoms with Crippen molar-refractivity contribution in [3.8, 4) is 11.5 Å². The van der Waals surface area contributed by atoms with Crippen molar-refractivity contribution in [2.45, 2.75) is 13.5 Å². The van der Waals surface area contributed by atoms with Gasteiger partial charge in [0.1, 0.15) is 11.5 Å². The zero-order chi connectivity index (χ0) is 13.5. The molecule has 0 bridgehead atoms. The van der Waals surface area contributed by atoms with E-state index in [-0.39, 0.29) is 11.4 Å². The van der Waals surface area contributed by atoms with Gasteiger partial charge in [0.2, 0.25) is 5.91 Å². The molecule has 0 atom stereocenters. The fourth-order valence-corrected chi connectivity index (χ4v) is 1.26. The maximum atomic E-state index is 12.2. The Morgan fingerprint density at radius 1 is 1.44 bits per heavy atom. The monoisotopic (exact) mass is 257 g/mol. The van der Waals surface area contributed by atoms with E-state index in [1.54, 1.807) is 6.92 Å². The van der Waals surface area contributed by atoms with E-state index in [4.69, 9.17) is 4.74 Å². The Morgan fingerprint density at radius 3 is 2.72 bits per heavy atom. The maximum absolute atomic E-state index is 12.2. The van der Waals surface area contributed by atoms with Crippen molar-refractivity contribution >= 4 is 11.6 Å². The van der Waals surface area contributed by atoms with Gasteiger partial charge in [0.15, 0.2) is 0 Å². The first-order chi connectivity index (χ1) is 8.56. The fourth-order valence-electron chi connectivity index (χ4n) is 1.26. The van der Waals surface area contributed by atoms with E-state index < -0.39 is 12.5 Å². The number of ether oxygens (including phenoxy) is 2. The van der Waals surface area contributed by atoms with Crippen LogP contribution in [0, 0.1) is 0 Å². The summed E-state index contributed by atoms with van der Waals surface area (Å²) in [5, 5.41) is 2.43. The predicted molar refractivity (Wildman–Crippen MR) is 63.1 cm³/mol. The van der Waals surface area contributed by atoms with Crippen molar-refractivity contribution in [2.75, 3.05) is 12.4 Å². The van der Waals surface area contributed by atoms with E-state index >= 15 is 0 Å². The molecule has 0 heterocycles. The number of hydrogen-bond donors (Lipinski definition) is 1. The largest absolute Gasteiger partial charge is 0.497 e. The number of nitrogens with one attached hydrogen (secondary N) is 1. The van der Waals surface area contributed by atoms with Crippen LogP contribution in [-0.4, -0.2) is 19.6 Å². The standard InChI is InChI=1S/C12H13F2NO3/c1-3-4-11(16)15-9-7-8(17-2)5-6-10(9)18-12(13)14/h3-7,12H,1-2H3,(H,15,16). The van der Waals surface area contributed by atoms with Gasteiger partial charge in [-0.25, -0.2) is 0 Å². The lowest BCUT2D eigenvalue weighted by molar-refractivity contribution is -0.112. The van der Waals surface area contributed by atoms with Crippen LogP contribution in [0.3, 0.4) is 0 Å². The number of amides is 1. The summed E-state index contributed by atoms with van der Waals surface area (Å²) in [7, 11) is 1.43. The Hall–Kier alpha value is -2.11. The zero-order valence-electron chi connectivity index (χ0n) is 9.94. The van der Waals surface area contributed by atoms with Gasteiger partial charge in [0.05, 0.1) is 12.8 Å². The second-order valence-corrected chi connectivity index (χ2v) is 3.23. The number of benzene rings is 1. The van der Waals surface area contributed by atoms with Crippen molar-refractivity contribution in [1.29, 1.82) is 0 Å². The molecule has 4 nitrogen and oxygen atoms in total. The first kappa shape index (κ1) is 14.0. The minimum atomic E-state index is -2.96. The molecule has 0 aliphatic heterocycles. The molecule has 0 radical (unpaired) electrons. The molecule has 18 heavy (non-hydrogen) atoms. The van der Waals surface area contributed by atoms with E-state index in [0.717, 1.165) is 0 Å². The van der Waals surface area contributed by atoms with Gasteiger partial charge in [-0.15, -0.1) is 0 Å². The van der Waals surface area contributed by atoms with Crippen molar-refractivity contribution in [3.05, 3.63) is 30.4 Å². The number of allylic oxidation sites excluding steroid dienone is 1. The average molecular weight is 257 g/mol. The quantitative estimate of drug-likeness (QED) is 0.825. The molecular weight excluding hydrogens is 244 g/mol. The second-order valence-electron chi connectivity index (χ2n) is 3.23. The third-order valence-corrected chi connectivity index (χ3v) is 1.98. The van der Waals surface area contributed by atoms with Crippen LogP contribution in [0.4, 0.5) is 14.5 Å². The molecule has 1 rings (SSSR count). The Kier molecular flexibility index (Phi) is 5.10. The van der Waals surface area contributed by atoms with Crippen molar-refractivity contribution in [1.82, 2.24) is 0 Å². The number of methoxy groups -OCH3 is 1. The highest BCUT2D eigenvalue weighted by molar-refractivity contribution is 6.00. The highest BCUT2D eigenvalue weighted by Crippen LogP contribution is 2.30. The molecule has 1 aromatic carbocycles. The summed E-state index contributed by atoms with van der Waals surface area (Å²) in [4.78, 5) is 11.4. The smallest absolute Gasteiger partial charge is 0.387 e. The number of anilines is 1. The van der Waals surface area contributed by atoms with Crippen LogP contribution < -0.4 is 14.8 Å². The SMILES string of the molecule is CC=CC(=O)Nc1cc(OC)ccc1OC(F)F. The van der Waals surface area contributed by atoms with Crippen molar-refractivity contribution < 1.29 is 23.0 Å². The molecule has 1 N–H and O–H groups in total. The summed E-state index contributed by atoms with van der Waals surface area (Å²) in [6.07, 6.45) is 2.80. The zero-order valence-corrected chi connectivity index (χ0v) is 9.94. The van der Waals surface area contributed by atoms with Gasteiger partial charge in [-0.1, -0.05) is 6.08 Å². The Bertz CT molecular complexity index is 447. The first-order valence-corrected chi connectivity index (χ1v) is 5.13. The number of carbonyl (C=O) groups is 1. The van der Waals surface area contributed by atoms with Crippen LogP contribution in [0.1, 0.15) is 6.92 Å². The van der Waals surface area contributed by atoms with Gasteiger partial charge in [-0.2, -0.15) is 8.78 Å². The Labute approximate surface area is 103 Å². The van der Waals surface area contributed by atoms with E-state index in [9.17, 15) is 13.6 Å². The average Bonchev–Trinajstić information content (AvgIpc) is 2.31. The lowest BCUT2D eigenvalue weighted by atomic mass is 10.2. The minimum absolute atomic E-state index is 0.122. The highest BCUT2D eigenvalue weighted by Gasteiger charge is 2.12. The molecular formula is C12H13F2NO3. The Morgan fingerprint density at radius 2 is 2.17 bits per heavy atom. The van der Waals surface area contributed by atoms with Crippen molar-refractivity contribution in [3.63, 3.8) is 0 Å². The number of hydrogen-bond acceptors (Lipinski definition) is 3. The summed E-state index contributed by atoms with van der Waals surface area (Å²) in [5.41, 5.74) is 0.123. The number of halogens is 2. The molecule has 0 aromatic heterocycles. The number of rotatable bonds is 5. The van der Waals surface area contributed by atoms with E-state index in [1.807, 2.05) is 0 Å². The van der Waals surface area contributed by atoms with Gasteiger partial charge in [-0.05, 0) is 25.1 Å². The van der Waals surface area contributed by atoms with Crippen molar-refractivity contribution in [2.24, 2.45) is 0 Å². The summed E-state index contributed by atoms with van der Waals surface area (Å²) in [6.45, 7) is -1.29. The molecule has 1 amide bonds. The maximum Gasteiger partial charge on any atom is 0.387 e. The lowest BCUT2D eigenvalue weighted by Crippen LogP contribution is -2.11. The summed E-state index contributed by atoms with van der Waals surface area (Å²) < 4.78 is 33.6. The van der Waals surface area contributed by atoms with Crippen LogP contribution >= 0.6 is 0 Å². The lowest BCUT2D eigenvalue weighted by Gasteiger charge is -2.12. The molecule has 1 aromatic rings. The molecule has 0 unspecified atom stereocenters. The molecule has 0 spiro atoms. The van der Waals surface area contributed by atoms with Gasteiger partial charge in [0.25, 0.3) is 0 Å².